The molecule has 0 aliphatic carbocycles. The molecule has 0 bridgehead atoms. The average Bonchev–Trinajstić information content (AvgIpc) is 3.34. The lowest BCUT2D eigenvalue weighted by atomic mass is 10.2. The number of nitrogens with one attached hydrogen (secondary N) is 1. The molecule has 40 heavy (non-hydrogen) atoms. The molecule has 2 aromatic carbocycles. The quantitative estimate of drug-likeness (QED) is 0.0781. The van der Waals surface area contributed by atoms with E-state index in [9.17, 15) is 14.2 Å². The van der Waals surface area contributed by atoms with Gasteiger partial charge in [-0.05, 0) is 24.1 Å². The van der Waals surface area contributed by atoms with Gasteiger partial charge in [-0.25, -0.2) is 9.78 Å². The number of hydrogen-bond donors (Lipinski definition) is 2. The molecule has 3 N–H and O–H groups in total. The van der Waals surface area contributed by atoms with E-state index in [1.807, 2.05) is 25.1 Å². The van der Waals surface area contributed by atoms with Crippen LogP contribution in [-0.2, 0) is 36.2 Å². The van der Waals surface area contributed by atoms with E-state index in [0.717, 1.165) is 11.1 Å². The number of rotatable bonds is 13. The number of aromatic nitrogens is 4. The molecule has 212 valence electrons. The topological polar surface area (TPSA) is 179 Å². The smallest absolute Gasteiger partial charge is 0.496 e. The summed E-state index contributed by atoms with van der Waals surface area (Å²) >= 11 is 0. The first kappa shape index (κ1) is 28.8. The highest BCUT2D eigenvalue weighted by atomic mass is 31.2. The van der Waals surface area contributed by atoms with Gasteiger partial charge in [0, 0.05) is 12.6 Å². The van der Waals surface area contributed by atoms with Gasteiger partial charge in [0.1, 0.15) is 17.8 Å². The maximum atomic E-state index is 13.4. The molecule has 0 aliphatic heterocycles. The molecule has 1 atom stereocenters. The molecule has 0 radical (unpaired) electrons. The number of aryl methyl sites for hydroxylation is 1. The Labute approximate surface area is 228 Å². The molecule has 14 nitrogen and oxygen atoms in total. The molecular weight excluding hydrogens is 545 g/mol. The van der Waals surface area contributed by atoms with E-state index in [0.29, 0.717) is 5.75 Å². The van der Waals surface area contributed by atoms with Crippen LogP contribution in [0.15, 0.2) is 59.7 Å². The Morgan fingerprint density at radius 2 is 1.95 bits per heavy atom. The van der Waals surface area contributed by atoms with E-state index in [4.69, 9.17) is 33.7 Å². The van der Waals surface area contributed by atoms with Crippen LogP contribution in [0.25, 0.3) is 11.2 Å². The summed E-state index contributed by atoms with van der Waals surface area (Å²) in [4.78, 5) is 34.6. The van der Waals surface area contributed by atoms with Gasteiger partial charge in [0.15, 0.2) is 11.2 Å². The molecule has 15 heteroatoms. The summed E-state index contributed by atoms with van der Waals surface area (Å²) in [5, 5.41) is 0. The lowest BCUT2D eigenvalue weighted by Gasteiger charge is -2.19. The number of H-pyrrole nitrogens is 1. The minimum Gasteiger partial charge on any atom is -0.496 e. The number of benzene rings is 2. The molecule has 2 aromatic heterocycles. The summed E-state index contributed by atoms with van der Waals surface area (Å²) in [5.41, 5.74) is 7.17. The van der Waals surface area contributed by atoms with Gasteiger partial charge in [0.05, 0.1) is 26.7 Å². The molecule has 0 amide bonds. The van der Waals surface area contributed by atoms with Gasteiger partial charge in [-0.15, -0.1) is 0 Å². The molecule has 0 spiro atoms. The lowest BCUT2D eigenvalue weighted by molar-refractivity contribution is 0.0153. The summed E-state index contributed by atoms with van der Waals surface area (Å²) in [5.74, 6) is 0.684. The molecule has 0 aliphatic rings. The first-order chi connectivity index (χ1) is 19.3. The van der Waals surface area contributed by atoms with E-state index < -0.39 is 32.5 Å². The van der Waals surface area contributed by atoms with Crippen LogP contribution in [0, 0.1) is 6.92 Å². The van der Waals surface area contributed by atoms with Crippen LogP contribution in [0.2, 0.25) is 0 Å². The van der Waals surface area contributed by atoms with Crippen LogP contribution in [0.1, 0.15) is 11.1 Å². The zero-order chi connectivity index (χ0) is 28.5. The predicted octanol–water partition coefficient (Wildman–Crippen LogP) is 3.59. The number of nitrogens with two attached hydrogens (primary N) is 1. The van der Waals surface area contributed by atoms with Gasteiger partial charge in [0.2, 0.25) is 12.7 Å². The maximum absolute atomic E-state index is 13.4. The Morgan fingerprint density at radius 3 is 2.73 bits per heavy atom. The normalized spacial score (nSPS) is 12.7. The van der Waals surface area contributed by atoms with E-state index in [-0.39, 0.29) is 42.6 Å². The number of anilines is 1. The zero-order valence-electron chi connectivity index (χ0n) is 21.8. The standard InChI is InChI=1S/C25H28N5O9P/c1-17-8-9-19(12-20(17)34-2)39-25(32)36-15-38-40(33,37-13-18-6-4-3-5-7-18)16-35-11-10-30-14-27-21-22(30)28-24(26)29-23(21)31/h3-9,12,14H,10-11,13,15-16H2,1-2H3,(H3,26,28,29,31). The summed E-state index contributed by atoms with van der Waals surface area (Å²) in [6.07, 6.45) is -0.105. The third-order valence-corrected chi connectivity index (χ3v) is 7.02. The van der Waals surface area contributed by atoms with Crippen LogP contribution in [0.4, 0.5) is 10.7 Å². The largest absolute Gasteiger partial charge is 0.515 e. The van der Waals surface area contributed by atoms with Crippen molar-refractivity contribution in [1.82, 2.24) is 19.5 Å². The number of fused-ring (bicyclic) bond motifs is 1. The second-order valence-corrected chi connectivity index (χ2v) is 10.3. The monoisotopic (exact) mass is 573 g/mol. The highest BCUT2D eigenvalue weighted by Crippen LogP contribution is 2.49. The van der Waals surface area contributed by atoms with E-state index in [1.54, 1.807) is 28.8 Å². The molecule has 0 saturated carbocycles. The Kier molecular flexibility index (Phi) is 9.51. The van der Waals surface area contributed by atoms with Crippen molar-refractivity contribution in [3.8, 4) is 11.5 Å². The summed E-state index contributed by atoms with van der Waals surface area (Å²) in [6.45, 7) is 1.35. The van der Waals surface area contributed by atoms with E-state index in [1.165, 1.54) is 19.5 Å². The van der Waals surface area contributed by atoms with Crippen molar-refractivity contribution in [1.29, 1.82) is 0 Å². The maximum Gasteiger partial charge on any atom is 0.515 e. The van der Waals surface area contributed by atoms with Gasteiger partial charge in [0.25, 0.3) is 5.56 Å². The number of aromatic amines is 1. The van der Waals surface area contributed by atoms with Crippen LogP contribution < -0.4 is 20.8 Å². The number of imidazole rings is 1. The summed E-state index contributed by atoms with van der Waals surface area (Å²) in [6, 6.07) is 13.9. The Hall–Kier alpha value is -4.23. The highest BCUT2D eigenvalue weighted by molar-refractivity contribution is 7.53. The number of hydrogen-bond acceptors (Lipinski definition) is 12. The van der Waals surface area contributed by atoms with Crippen molar-refractivity contribution >= 4 is 30.9 Å². The third kappa shape index (κ3) is 7.67. The first-order valence-corrected chi connectivity index (χ1v) is 13.7. The van der Waals surface area contributed by atoms with Crippen molar-refractivity contribution in [3.05, 3.63) is 76.3 Å². The molecule has 4 rings (SSSR count). The zero-order valence-corrected chi connectivity index (χ0v) is 22.7. The van der Waals surface area contributed by atoms with Crippen LogP contribution in [-0.4, -0.2) is 52.5 Å². The molecule has 0 saturated heterocycles. The molecule has 1 unspecified atom stereocenters. The predicted molar refractivity (Wildman–Crippen MR) is 143 cm³/mol. The van der Waals surface area contributed by atoms with Crippen molar-refractivity contribution < 1.29 is 37.4 Å². The molecule has 2 heterocycles. The van der Waals surface area contributed by atoms with Crippen LogP contribution >= 0.6 is 7.60 Å². The lowest BCUT2D eigenvalue weighted by Crippen LogP contribution is -2.15. The second-order valence-electron chi connectivity index (χ2n) is 8.34. The van der Waals surface area contributed by atoms with Gasteiger partial charge in [-0.1, -0.05) is 36.4 Å². The first-order valence-electron chi connectivity index (χ1n) is 12.0. The van der Waals surface area contributed by atoms with Crippen molar-refractivity contribution in [2.24, 2.45) is 0 Å². The summed E-state index contributed by atoms with van der Waals surface area (Å²) < 4.78 is 46.7. The number of carbonyl (C=O) groups excluding carboxylic acids is 1. The van der Waals surface area contributed by atoms with E-state index in [2.05, 4.69) is 15.0 Å². The number of carbonyl (C=O) groups is 1. The van der Waals surface area contributed by atoms with Gasteiger partial charge >= 0.3 is 13.8 Å². The average molecular weight is 573 g/mol. The number of nitrogens with zero attached hydrogens (tertiary/aromatic N) is 3. The fraction of sp³-hybridized carbons (Fsp3) is 0.280. The molecular formula is C25H28N5O9P. The van der Waals surface area contributed by atoms with E-state index >= 15 is 0 Å². The van der Waals surface area contributed by atoms with Gasteiger partial charge in [-0.2, -0.15) is 4.98 Å². The fourth-order valence-electron chi connectivity index (χ4n) is 3.48. The fourth-order valence-corrected chi connectivity index (χ4v) is 4.61. The van der Waals surface area contributed by atoms with Gasteiger partial charge in [-0.3, -0.25) is 18.9 Å². The number of methoxy groups -OCH3 is 1. The minimum absolute atomic E-state index is 0.0345. The Bertz CT molecular complexity index is 1560. The molecule has 4 aromatic rings. The Balaban J connectivity index is 1.33. The second kappa shape index (κ2) is 13.2. The number of ether oxygens (including phenoxy) is 4. The van der Waals surface area contributed by atoms with Crippen LogP contribution in [0.3, 0.4) is 0 Å². The molecule has 0 fully saturated rings. The number of nitrogen functional groups attached to an aromatic ring is 1. The van der Waals surface area contributed by atoms with Crippen molar-refractivity contribution in [2.75, 3.05) is 32.6 Å². The van der Waals surface area contributed by atoms with Gasteiger partial charge < -0.3 is 33.8 Å². The van der Waals surface area contributed by atoms with Crippen molar-refractivity contribution in [2.45, 2.75) is 20.1 Å². The minimum atomic E-state index is -3.90. The summed E-state index contributed by atoms with van der Waals surface area (Å²) in [7, 11) is -2.40. The third-order valence-electron chi connectivity index (χ3n) is 5.50. The van der Waals surface area contributed by atoms with Crippen LogP contribution in [0.5, 0.6) is 11.5 Å². The Morgan fingerprint density at radius 1 is 1.15 bits per heavy atom. The highest BCUT2D eigenvalue weighted by Gasteiger charge is 2.27. The SMILES string of the molecule is COc1cc(OC(=O)OCOP(=O)(COCCn2cnc3c(=O)[nH]c(N)nc32)OCc2ccccc2)ccc1C. The van der Waals surface area contributed by atoms with Crippen molar-refractivity contribution in [3.63, 3.8) is 0 Å².